The predicted molar refractivity (Wildman–Crippen MR) is 83.4 cm³/mol. The summed E-state index contributed by atoms with van der Waals surface area (Å²) in [5, 5.41) is 1.24. The molecule has 0 bridgehead atoms. The zero-order valence-corrected chi connectivity index (χ0v) is 12.8. The van der Waals surface area contributed by atoms with Crippen molar-refractivity contribution in [1.29, 1.82) is 0 Å². The molecule has 0 saturated carbocycles. The fraction of sp³-hybridized carbons (Fsp3) is 0.500. The largest absolute Gasteiger partial charge is 0.256 e. The van der Waals surface area contributed by atoms with E-state index >= 15 is 0 Å². The molecular formula is C18H25N. The maximum Gasteiger partial charge on any atom is 0.0702 e. The third kappa shape index (κ3) is 3.15. The Balaban J connectivity index is 2.24. The van der Waals surface area contributed by atoms with Crippen LogP contribution in [0, 0.1) is 11.3 Å². The van der Waals surface area contributed by atoms with Crippen LogP contribution < -0.4 is 0 Å². The van der Waals surface area contributed by atoms with Crippen molar-refractivity contribution in [2.45, 2.75) is 47.0 Å². The van der Waals surface area contributed by atoms with Gasteiger partial charge in [0.25, 0.3) is 0 Å². The summed E-state index contributed by atoms with van der Waals surface area (Å²) in [7, 11) is 0. The maximum atomic E-state index is 4.38. The van der Waals surface area contributed by atoms with E-state index in [1.165, 1.54) is 17.4 Å². The van der Waals surface area contributed by atoms with E-state index in [-0.39, 0.29) is 0 Å². The molecule has 0 amide bonds. The molecule has 2 rings (SSSR count). The fourth-order valence-electron chi connectivity index (χ4n) is 2.54. The Bertz CT molecular complexity index is 554. The van der Waals surface area contributed by atoms with E-state index in [1.807, 2.05) is 12.3 Å². The van der Waals surface area contributed by atoms with E-state index in [1.54, 1.807) is 0 Å². The molecule has 0 saturated heterocycles. The van der Waals surface area contributed by atoms with Crippen LogP contribution in [0.15, 0.2) is 36.5 Å². The number of benzene rings is 1. The van der Waals surface area contributed by atoms with Crippen LogP contribution in [0.25, 0.3) is 10.9 Å². The first-order chi connectivity index (χ1) is 8.90. The number of hydrogen-bond acceptors (Lipinski definition) is 1. The molecule has 0 aliphatic rings. The van der Waals surface area contributed by atoms with Gasteiger partial charge in [0.05, 0.1) is 5.52 Å². The minimum absolute atomic E-state index is 0.378. The Morgan fingerprint density at radius 3 is 2.53 bits per heavy atom. The lowest BCUT2D eigenvalue weighted by molar-refractivity contribution is 0.215. The quantitative estimate of drug-likeness (QED) is 0.711. The van der Waals surface area contributed by atoms with E-state index in [2.05, 4.69) is 63.9 Å². The summed E-state index contributed by atoms with van der Waals surface area (Å²) in [4.78, 5) is 4.38. The molecule has 1 atom stereocenters. The maximum absolute atomic E-state index is 4.38. The second-order valence-electron chi connectivity index (χ2n) is 6.70. The highest BCUT2D eigenvalue weighted by Crippen LogP contribution is 2.37. The highest BCUT2D eigenvalue weighted by molar-refractivity contribution is 5.79. The standard InChI is InChI=1S/C18H25N/c1-13(2)18(4,5)12-14(3)15-8-9-17-16(11-15)7-6-10-19-17/h6-11,13-14H,12H2,1-5H3. The van der Waals surface area contributed by atoms with Crippen LogP contribution in [0.3, 0.4) is 0 Å². The van der Waals surface area contributed by atoms with Gasteiger partial charge >= 0.3 is 0 Å². The van der Waals surface area contributed by atoms with Gasteiger partial charge in [0.2, 0.25) is 0 Å². The lowest BCUT2D eigenvalue weighted by Gasteiger charge is -2.32. The molecule has 0 N–H and O–H groups in total. The molecule has 1 aromatic heterocycles. The van der Waals surface area contributed by atoms with Gasteiger partial charge in [-0.3, -0.25) is 4.98 Å². The third-order valence-electron chi connectivity index (χ3n) is 4.59. The highest BCUT2D eigenvalue weighted by Gasteiger charge is 2.25. The molecule has 102 valence electrons. The van der Waals surface area contributed by atoms with Crippen LogP contribution in [0.2, 0.25) is 0 Å². The van der Waals surface area contributed by atoms with Gasteiger partial charge in [0.1, 0.15) is 0 Å². The second kappa shape index (κ2) is 5.32. The molecule has 0 fully saturated rings. The van der Waals surface area contributed by atoms with Gasteiger partial charge in [-0.2, -0.15) is 0 Å². The molecule has 2 aromatic rings. The molecule has 19 heavy (non-hydrogen) atoms. The van der Waals surface area contributed by atoms with E-state index in [9.17, 15) is 0 Å². The Morgan fingerprint density at radius 1 is 1.11 bits per heavy atom. The first kappa shape index (κ1) is 14.0. The average Bonchev–Trinajstić information content (AvgIpc) is 2.37. The molecule has 0 aliphatic carbocycles. The van der Waals surface area contributed by atoms with Gasteiger partial charge in [-0.15, -0.1) is 0 Å². The zero-order valence-electron chi connectivity index (χ0n) is 12.8. The first-order valence-corrected chi connectivity index (χ1v) is 7.25. The Labute approximate surface area is 117 Å². The Hall–Kier alpha value is -1.37. The fourth-order valence-corrected chi connectivity index (χ4v) is 2.54. The van der Waals surface area contributed by atoms with Gasteiger partial charge in [-0.1, -0.05) is 46.8 Å². The topological polar surface area (TPSA) is 12.9 Å². The molecule has 0 spiro atoms. The Morgan fingerprint density at radius 2 is 1.84 bits per heavy atom. The summed E-state index contributed by atoms with van der Waals surface area (Å²) in [6.07, 6.45) is 3.07. The summed E-state index contributed by atoms with van der Waals surface area (Å²) in [6.45, 7) is 11.7. The van der Waals surface area contributed by atoms with Crippen LogP contribution in [-0.2, 0) is 0 Å². The lowest BCUT2D eigenvalue weighted by atomic mass is 9.73. The highest BCUT2D eigenvalue weighted by atomic mass is 14.6. The first-order valence-electron chi connectivity index (χ1n) is 7.25. The molecule has 0 radical (unpaired) electrons. The summed E-state index contributed by atoms with van der Waals surface area (Å²) in [6, 6.07) is 10.8. The lowest BCUT2D eigenvalue weighted by Crippen LogP contribution is -2.21. The summed E-state index contributed by atoms with van der Waals surface area (Å²) in [5.74, 6) is 1.29. The molecule has 1 heterocycles. The zero-order chi connectivity index (χ0) is 14.0. The van der Waals surface area contributed by atoms with Crippen molar-refractivity contribution >= 4 is 10.9 Å². The minimum Gasteiger partial charge on any atom is -0.256 e. The van der Waals surface area contributed by atoms with Gasteiger partial charge in [0, 0.05) is 11.6 Å². The molecule has 0 aliphatic heterocycles. The SMILES string of the molecule is CC(CC(C)(C)C(C)C)c1ccc2ncccc2c1. The van der Waals surface area contributed by atoms with Crippen LogP contribution in [-0.4, -0.2) is 4.98 Å². The monoisotopic (exact) mass is 255 g/mol. The molecule has 1 nitrogen and oxygen atoms in total. The molecule has 1 aromatic carbocycles. The van der Waals surface area contributed by atoms with Crippen LogP contribution in [0.5, 0.6) is 0 Å². The minimum atomic E-state index is 0.378. The van der Waals surface area contributed by atoms with Crippen molar-refractivity contribution in [2.75, 3.05) is 0 Å². The van der Waals surface area contributed by atoms with Crippen molar-refractivity contribution in [3.05, 3.63) is 42.1 Å². The van der Waals surface area contributed by atoms with Crippen molar-refractivity contribution in [2.24, 2.45) is 11.3 Å². The average molecular weight is 255 g/mol. The normalized spacial score (nSPS) is 14.0. The molecule has 1 heteroatoms. The molecule has 1 unspecified atom stereocenters. The van der Waals surface area contributed by atoms with Crippen molar-refractivity contribution < 1.29 is 0 Å². The van der Waals surface area contributed by atoms with Crippen molar-refractivity contribution in [1.82, 2.24) is 4.98 Å². The predicted octanol–water partition coefficient (Wildman–Crippen LogP) is 5.41. The Kier molecular flexibility index (Phi) is 3.93. The number of aromatic nitrogens is 1. The van der Waals surface area contributed by atoms with Crippen LogP contribution >= 0.6 is 0 Å². The smallest absolute Gasteiger partial charge is 0.0702 e. The van der Waals surface area contributed by atoms with Crippen LogP contribution in [0.1, 0.15) is 52.5 Å². The number of rotatable bonds is 4. The summed E-state index contributed by atoms with van der Waals surface area (Å²) in [5.41, 5.74) is 2.89. The number of fused-ring (bicyclic) bond motifs is 1. The summed E-state index contributed by atoms with van der Waals surface area (Å²) < 4.78 is 0. The summed E-state index contributed by atoms with van der Waals surface area (Å²) >= 11 is 0. The van der Waals surface area contributed by atoms with Crippen molar-refractivity contribution in [3.63, 3.8) is 0 Å². The number of hydrogen-bond donors (Lipinski definition) is 0. The number of nitrogens with zero attached hydrogens (tertiary/aromatic N) is 1. The number of pyridine rings is 1. The van der Waals surface area contributed by atoms with E-state index in [4.69, 9.17) is 0 Å². The van der Waals surface area contributed by atoms with Gasteiger partial charge in [-0.25, -0.2) is 0 Å². The second-order valence-corrected chi connectivity index (χ2v) is 6.70. The van der Waals surface area contributed by atoms with Crippen molar-refractivity contribution in [3.8, 4) is 0 Å². The third-order valence-corrected chi connectivity index (χ3v) is 4.59. The van der Waals surface area contributed by atoms with Gasteiger partial charge in [-0.05, 0) is 47.4 Å². The molecular weight excluding hydrogens is 230 g/mol. The van der Waals surface area contributed by atoms with E-state index in [0.717, 1.165) is 5.52 Å². The van der Waals surface area contributed by atoms with Crippen LogP contribution in [0.4, 0.5) is 0 Å². The van der Waals surface area contributed by atoms with Gasteiger partial charge < -0.3 is 0 Å². The van der Waals surface area contributed by atoms with Gasteiger partial charge in [0.15, 0.2) is 0 Å². The van der Waals surface area contributed by atoms with E-state index in [0.29, 0.717) is 17.3 Å². The van der Waals surface area contributed by atoms with E-state index < -0.39 is 0 Å².